The minimum absolute atomic E-state index is 0.118. The first-order valence-corrected chi connectivity index (χ1v) is 9.37. The molecule has 0 fully saturated rings. The Hall–Kier alpha value is -3.70. The Balaban J connectivity index is 1.48. The molecule has 162 valence electrons. The average Bonchev–Trinajstić information content (AvgIpc) is 3.20. The molecule has 2 N–H and O–H groups in total. The summed E-state index contributed by atoms with van der Waals surface area (Å²) in [5.41, 5.74) is 1.44. The minimum atomic E-state index is -4.49. The van der Waals surface area contributed by atoms with Crippen molar-refractivity contribution >= 4 is 23.4 Å². The fourth-order valence-electron chi connectivity index (χ4n) is 3.09. The zero-order chi connectivity index (χ0) is 22.3. The van der Waals surface area contributed by atoms with E-state index in [9.17, 15) is 18.0 Å². The van der Waals surface area contributed by atoms with Crippen molar-refractivity contribution in [2.75, 3.05) is 22.6 Å². The van der Waals surface area contributed by atoms with Gasteiger partial charge in [0.05, 0.1) is 23.8 Å². The molecule has 1 unspecified atom stereocenters. The highest BCUT2D eigenvalue weighted by Gasteiger charge is 2.32. The molecule has 1 aliphatic heterocycles. The van der Waals surface area contributed by atoms with Crippen molar-refractivity contribution < 1.29 is 18.0 Å². The monoisotopic (exact) mass is 432 g/mol. The number of carbonyl (C=O) groups excluding carboxylic acids is 1. The summed E-state index contributed by atoms with van der Waals surface area (Å²) in [5.74, 6) is 0.886. The first kappa shape index (κ1) is 20.6. The van der Waals surface area contributed by atoms with E-state index in [1.54, 1.807) is 38.2 Å². The number of carbonyl (C=O) groups is 1. The lowest BCUT2D eigenvalue weighted by Gasteiger charge is -2.32. The summed E-state index contributed by atoms with van der Waals surface area (Å²) < 4.78 is 39.4. The topological polar surface area (TPSA) is 101 Å². The molecule has 0 aliphatic carbocycles. The van der Waals surface area contributed by atoms with Gasteiger partial charge >= 0.3 is 6.18 Å². The van der Waals surface area contributed by atoms with Crippen LogP contribution in [0.15, 0.2) is 30.7 Å². The van der Waals surface area contributed by atoms with Gasteiger partial charge in [0.1, 0.15) is 17.4 Å². The van der Waals surface area contributed by atoms with Crippen molar-refractivity contribution in [2.24, 2.45) is 0 Å². The van der Waals surface area contributed by atoms with E-state index >= 15 is 0 Å². The van der Waals surface area contributed by atoms with Gasteiger partial charge in [0.25, 0.3) is 0 Å². The number of halogens is 3. The molecule has 4 heterocycles. The summed E-state index contributed by atoms with van der Waals surface area (Å²) in [5, 5.41) is 10.1. The summed E-state index contributed by atoms with van der Waals surface area (Å²) in [7, 11) is 1.79. The number of aromatic nitrogens is 5. The summed E-state index contributed by atoms with van der Waals surface area (Å²) in [6.07, 6.45) is -0.102. The maximum absolute atomic E-state index is 12.7. The summed E-state index contributed by atoms with van der Waals surface area (Å²) in [6.45, 7) is 3.91. The molecule has 0 radical (unpaired) electrons. The largest absolute Gasteiger partial charge is 0.433 e. The molecule has 1 amide bonds. The van der Waals surface area contributed by atoms with Gasteiger partial charge in [-0.2, -0.15) is 23.3 Å². The molecule has 0 saturated heterocycles. The lowest BCUT2D eigenvalue weighted by Crippen LogP contribution is -2.44. The molecule has 9 nitrogen and oxygen atoms in total. The second-order valence-corrected chi connectivity index (χ2v) is 7.15. The zero-order valence-electron chi connectivity index (χ0n) is 16.9. The third-order valence-electron chi connectivity index (χ3n) is 5.00. The van der Waals surface area contributed by atoms with Crippen molar-refractivity contribution in [1.29, 1.82) is 0 Å². The first-order valence-electron chi connectivity index (χ1n) is 9.37. The van der Waals surface area contributed by atoms with Crippen molar-refractivity contribution in [2.45, 2.75) is 32.6 Å². The summed E-state index contributed by atoms with van der Waals surface area (Å²) in [6, 6.07) is 1.86. The molecule has 0 aromatic carbocycles. The van der Waals surface area contributed by atoms with Crippen LogP contribution < -0.4 is 15.5 Å². The molecule has 0 bridgehead atoms. The van der Waals surface area contributed by atoms with Gasteiger partial charge in [-0.3, -0.25) is 4.79 Å². The van der Waals surface area contributed by atoms with Crippen LogP contribution in [0.2, 0.25) is 0 Å². The van der Waals surface area contributed by atoms with Gasteiger partial charge < -0.3 is 15.5 Å². The second-order valence-electron chi connectivity index (χ2n) is 7.15. The van der Waals surface area contributed by atoms with Crippen LogP contribution in [0.4, 0.5) is 30.6 Å². The van der Waals surface area contributed by atoms with E-state index in [-0.39, 0.29) is 11.9 Å². The number of alkyl halides is 3. The first-order chi connectivity index (χ1) is 14.6. The van der Waals surface area contributed by atoms with E-state index in [4.69, 9.17) is 0 Å². The van der Waals surface area contributed by atoms with Crippen molar-refractivity contribution in [3.8, 4) is 5.69 Å². The van der Waals surface area contributed by atoms with Crippen molar-refractivity contribution in [3.63, 3.8) is 0 Å². The van der Waals surface area contributed by atoms with Crippen molar-refractivity contribution in [1.82, 2.24) is 24.7 Å². The maximum atomic E-state index is 12.7. The number of fused-ring (bicyclic) bond motifs is 1. The van der Waals surface area contributed by atoms with Crippen LogP contribution in [-0.4, -0.2) is 43.7 Å². The number of nitrogens with zero attached hydrogens (tertiary/aromatic N) is 6. The number of amides is 1. The summed E-state index contributed by atoms with van der Waals surface area (Å²) in [4.78, 5) is 26.1. The number of nitrogens with one attached hydrogen (secondary N) is 2. The van der Waals surface area contributed by atoms with Crippen LogP contribution in [-0.2, 0) is 17.5 Å². The molecule has 1 aliphatic rings. The number of hydrogen-bond donors (Lipinski definition) is 2. The lowest BCUT2D eigenvalue weighted by molar-refractivity contribution is -0.141. The van der Waals surface area contributed by atoms with Gasteiger partial charge in [-0.1, -0.05) is 0 Å². The van der Waals surface area contributed by atoms with Gasteiger partial charge in [0.2, 0.25) is 11.9 Å². The molecule has 1 atom stereocenters. The highest BCUT2D eigenvalue weighted by molar-refractivity contribution is 6.03. The molecule has 12 heteroatoms. The zero-order valence-corrected chi connectivity index (χ0v) is 16.9. The number of pyridine rings is 1. The standard InChI is InChI=1S/C19H19F3N8O/c1-10-15-16(29(3)11(2)17(31)27-15)28-18(26-10)24-6-12-7-25-30(9-12)13-4-5-14(23-8-13)19(20,21)22/h4-5,7-9,11H,6H2,1-3H3,(H,27,31)(H,24,26,28). The van der Waals surface area contributed by atoms with E-state index in [1.165, 1.54) is 10.7 Å². The quantitative estimate of drug-likeness (QED) is 0.654. The number of aryl methyl sites for hydroxylation is 1. The van der Waals surface area contributed by atoms with Crippen LogP contribution in [0.25, 0.3) is 5.69 Å². The third kappa shape index (κ3) is 4.00. The highest BCUT2D eigenvalue weighted by Crippen LogP contribution is 2.32. The predicted molar refractivity (Wildman–Crippen MR) is 107 cm³/mol. The Kier molecular flexibility index (Phi) is 4.99. The molecule has 3 aromatic heterocycles. The smallest absolute Gasteiger partial charge is 0.350 e. The second kappa shape index (κ2) is 7.52. The Bertz CT molecular complexity index is 1130. The SMILES string of the molecule is Cc1nc(NCc2cnn(-c3ccc(C(F)(F)F)nc3)c2)nc2c1NC(=O)C(C)N2C. The third-order valence-corrected chi connectivity index (χ3v) is 5.00. The van der Waals surface area contributed by atoms with E-state index in [0.29, 0.717) is 35.4 Å². The number of anilines is 3. The minimum Gasteiger partial charge on any atom is -0.350 e. The number of rotatable bonds is 4. The van der Waals surface area contributed by atoms with E-state index in [2.05, 4.69) is 30.7 Å². The number of hydrogen-bond acceptors (Lipinski definition) is 7. The fraction of sp³-hybridized carbons (Fsp3) is 0.316. The lowest BCUT2D eigenvalue weighted by atomic mass is 10.2. The van der Waals surface area contributed by atoms with Crippen LogP contribution in [0, 0.1) is 6.92 Å². The summed E-state index contributed by atoms with van der Waals surface area (Å²) >= 11 is 0. The molecule has 3 aromatic rings. The Morgan fingerprint density at radius 3 is 2.68 bits per heavy atom. The molecule has 31 heavy (non-hydrogen) atoms. The van der Waals surface area contributed by atoms with Gasteiger partial charge in [-0.05, 0) is 26.0 Å². The van der Waals surface area contributed by atoms with Crippen LogP contribution >= 0.6 is 0 Å². The van der Waals surface area contributed by atoms with Crippen molar-refractivity contribution in [3.05, 3.63) is 47.7 Å². The predicted octanol–water partition coefficient (Wildman–Crippen LogP) is 2.77. The fourth-order valence-corrected chi connectivity index (χ4v) is 3.09. The van der Waals surface area contributed by atoms with Gasteiger partial charge in [-0.15, -0.1) is 0 Å². The number of likely N-dealkylation sites (N-methyl/N-ethyl adjacent to an activating group) is 1. The molecular formula is C19H19F3N8O. The molecule has 4 rings (SSSR count). The van der Waals surface area contributed by atoms with E-state index < -0.39 is 11.9 Å². The van der Waals surface area contributed by atoms with Crippen LogP contribution in [0.3, 0.4) is 0 Å². The van der Waals surface area contributed by atoms with E-state index in [0.717, 1.165) is 17.8 Å². The van der Waals surface area contributed by atoms with Crippen LogP contribution in [0.5, 0.6) is 0 Å². The normalized spacial score (nSPS) is 16.1. The average molecular weight is 432 g/mol. The van der Waals surface area contributed by atoms with Crippen LogP contribution in [0.1, 0.15) is 23.9 Å². The van der Waals surface area contributed by atoms with Gasteiger partial charge in [0, 0.05) is 25.4 Å². The van der Waals surface area contributed by atoms with E-state index in [1.807, 2.05) is 0 Å². The Labute approximate surface area is 175 Å². The molecule has 0 spiro atoms. The Morgan fingerprint density at radius 1 is 1.23 bits per heavy atom. The Morgan fingerprint density at radius 2 is 2.00 bits per heavy atom. The highest BCUT2D eigenvalue weighted by atomic mass is 19.4. The van der Waals surface area contributed by atoms with Gasteiger partial charge in [0.15, 0.2) is 5.82 Å². The maximum Gasteiger partial charge on any atom is 0.433 e. The van der Waals surface area contributed by atoms with Gasteiger partial charge in [-0.25, -0.2) is 14.6 Å². The molecular weight excluding hydrogens is 413 g/mol. The molecule has 0 saturated carbocycles.